The molecule has 0 aromatic heterocycles. The van der Waals surface area contributed by atoms with Gasteiger partial charge in [0.15, 0.2) is 0 Å². The van der Waals surface area contributed by atoms with Gasteiger partial charge in [0.1, 0.15) is 24.0 Å². The van der Waals surface area contributed by atoms with E-state index in [1.54, 1.807) is 31.2 Å². The largest absolute Gasteiger partial charge is 0.388 e. The smallest absolute Gasteiger partial charge is 0.270 e. The molecule has 0 saturated carbocycles. The van der Waals surface area contributed by atoms with Gasteiger partial charge in [-0.25, -0.2) is 8.78 Å². The summed E-state index contributed by atoms with van der Waals surface area (Å²) in [5.41, 5.74) is 1.04. The van der Waals surface area contributed by atoms with Crippen LogP contribution >= 0.6 is 0 Å². The molecule has 2 aromatic carbocycles. The van der Waals surface area contributed by atoms with Crippen LogP contribution in [0.5, 0.6) is 0 Å². The van der Waals surface area contributed by atoms with Crippen LogP contribution in [0.1, 0.15) is 24.2 Å². The van der Waals surface area contributed by atoms with Gasteiger partial charge in [-0.3, -0.25) is 4.79 Å². The van der Waals surface area contributed by atoms with Gasteiger partial charge in [0.05, 0.1) is 17.3 Å². The van der Waals surface area contributed by atoms with Crippen LogP contribution in [0.25, 0.3) is 0 Å². The number of amides is 1. The summed E-state index contributed by atoms with van der Waals surface area (Å²) in [5, 5.41) is 14.6. The topological polar surface area (TPSA) is 74.5 Å². The van der Waals surface area contributed by atoms with Crippen LogP contribution in [0, 0.1) is 23.0 Å². The van der Waals surface area contributed by atoms with E-state index in [0.717, 1.165) is 23.9 Å². The summed E-state index contributed by atoms with van der Waals surface area (Å²) < 4.78 is 26.2. The zero-order valence-electron chi connectivity index (χ0n) is 12.7. The molecule has 1 atom stereocenters. The molecule has 0 fully saturated rings. The monoisotopic (exact) mass is 329 g/mol. The van der Waals surface area contributed by atoms with Gasteiger partial charge in [-0.05, 0) is 36.8 Å². The summed E-state index contributed by atoms with van der Waals surface area (Å²) in [4.78, 5) is 16.8. The number of benzene rings is 2. The predicted octanol–water partition coefficient (Wildman–Crippen LogP) is 3.54. The lowest BCUT2D eigenvalue weighted by atomic mass is 10.1. The van der Waals surface area contributed by atoms with Gasteiger partial charge in [0, 0.05) is 6.07 Å². The highest BCUT2D eigenvalue weighted by molar-refractivity contribution is 6.31. The Morgan fingerprint density at radius 1 is 1.33 bits per heavy atom. The molecule has 1 N–H and O–H groups in total. The molecule has 2 aromatic rings. The average Bonchev–Trinajstić information content (AvgIpc) is 2.57. The number of nitrogens with one attached hydrogen (secondary N) is 1. The first-order valence-corrected chi connectivity index (χ1v) is 6.95. The van der Waals surface area contributed by atoms with E-state index >= 15 is 0 Å². The summed E-state index contributed by atoms with van der Waals surface area (Å²) in [7, 11) is 0. The Morgan fingerprint density at radius 3 is 2.83 bits per heavy atom. The maximum atomic E-state index is 13.4. The summed E-state index contributed by atoms with van der Waals surface area (Å²) in [6, 6.07) is 11.6. The third-order valence-electron chi connectivity index (χ3n) is 3.06. The van der Waals surface area contributed by atoms with Gasteiger partial charge < -0.3 is 10.2 Å². The van der Waals surface area contributed by atoms with E-state index in [1.165, 1.54) is 0 Å². The fourth-order valence-electron chi connectivity index (χ4n) is 1.85. The fraction of sp³-hybridized carbons (Fsp3) is 0.118. The third-order valence-corrected chi connectivity index (χ3v) is 3.06. The molecule has 1 amide bonds. The molecular weight excluding hydrogens is 316 g/mol. The number of carbonyl (C=O) groups excluding carboxylic acids is 1. The van der Waals surface area contributed by atoms with Crippen molar-refractivity contribution < 1.29 is 18.4 Å². The minimum Gasteiger partial charge on any atom is -0.388 e. The number of halogens is 2. The molecule has 0 aliphatic heterocycles. The maximum absolute atomic E-state index is 13.4. The number of oxime groups is 1. The van der Waals surface area contributed by atoms with Crippen LogP contribution in [-0.2, 0) is 9.63 Å². The van der Waals surface area contributed by atoms with Gasteiger partial charge in [-0.1, -0.05) is 17.3 Å². The lowest BCUT2D eigenvalue weighted by Crippen LogP contribution is -2.14. The van der Waals surface area contributed by atoms with Crippen molar-refractivity contribution >= 4 is 17.8 Å². The first-order valence-electron chi connectivity index (χ1n) is 6.95. The Bertz CT molecular complexity index is 816. The highest BCUT2D eigenvalue weighted by atomic mass is 19.1. The highest BCUT2D eigenvalue weighted by Crippen LogP contribution is 2.18. The van der Waals surface area contributed by atoms with E-state index < -0.39 is 23.6 Å². The van der Waals surface area contributed by atoms with Crippen LogP contribution in [0.3, 0.4) is 0 Å². The van der Waals surface area contributed by atoms with Gasteiger partial charge in [0.25, 0.3) is 5.91 Å². The molecule has 0 radical (unpaired) electrons. The highest BCUT2D eigenvalue weighted by Gasteiger charge is 2.08. The Kier molecular flexibility index (Phi) is 5.58. The summed E-state index contributed by atoms with van der Waals surface area (Å²) >= 11 is 0. The predicted molar refractivity (Wildman–Crippen MR) is 84.1 cm³/mol. The van der Waals surface area contributed by atoms with Crippen molar-refractivity contribution in [2.24, 2.45) is 5.16 Å². The van der Waals surface area contributed by atoms with Crippen LogP contribution in [0.2, 0.25) is 0 Å². The number of carbonyl (C=O) groups is 1. The van der Waals surface area contributed by atoms with Crippen molar-refractivity contribution in [3.05, 3.63) is 65.2 Å². The van der Waals surface area contributed by atoms with Gasteiger partial charge >= 0.3 is 0 Å². The van der Waals surface area contributed by atoms with E-state index in [0.29, 0.717) is 11.6 Å². The van der Waals surface area contributed by atoms with Crippen molar-refractivity contribution in [3.8, 4) is 6.07 Å². The summed E-state index contributed by atoms with van der Waals surface area (Å²) in [6.45, 7) is 1.70. The van der Waals surface area contributed by atoms with E-state index in [4.69, 9.17) is 10.1 Å². The second-order valence-corrected chi connectivity index (χ2v) is 4.83. The second kappa shape index (κ2) is 7.83. The van der Waals surface area contributed by atoms with Crippen molar-refractivity contribution in [2.45, 2.75) is 13.0 Å². The van der Waals surface area contributed by atoms with E-state index in [1.807, 2.05) is 6.07 Å². The Hall–Kier alpha value is -3.27. The molecule has 0 bridgehead atoms. The molecule has 0 aliphatic carbocycles. The number of anilines is 1. The lowest BCUT2D eigenvalue weighted by Gasteiger charge is -2.09. The molecule has 0 saturated heterocycles. The van der Waals surface area contributed by atoms with Crippen molar-refractivity contribution in [2.75, 3.05) is 5.32 Å². The van der Waals surface area contributed by atoms with Crippen LogP contribution < -0.4 is 5.32 Å². The van der Waals surface area contributed by atoms with Gasteiger partial charge in [-0.15, -0.1) is 0 Å². The number of rotatable bonds is 5. The third kappa shape index (κ3) is 4.61. The average molecular weight is 329 g/mol. The molecule has 7 heteroatoms. The summed E-state index contributed by atoms with van der Waals surface area (Å²) in [6.07, 6.45) is 0.359. The molecule has 5 nitrogen and oxygen atoms in total. The first kappa shape index (κ1) is 17.1. The summed E-state index contributed by atoms with van der Waals surface area (Å²) in [5.74, 6) is -2.35. The molecule has 2 rings (SSSR count). The minimum atomic E-state index is -0.889. The number of nitrogens with zero attached hydrogens (tertiary/aromatic N) is 2. The standard InChI is InChI=1S/C17H13F2N3O2/c1-11(13-4-2-3-12(7-13)9-20)24-21-10-17(23)22-16-6-5-14(18)8-15(16)19/h2-8,10-11H,1H3,(H,22,23)/b21-10+. The Morgan fingerprint density at radius 2 is 2.12 bits per heavy atom. The normalized spacial score (nSPS) is 11.8. The van der Waals surface area contributed by atoms with E-state index in [-0.39, 0.29) is 5.69 Å². The van der Waals surface area contributed by atoms with Gasteiger partial charge in [-0.2, -0.15) is 5.26 Å². The quantitative estimate of drug-likeness (QED) is 0.673. The second-order valence-electron chi connectivity index (χ2n) is 4.83. The molecule has 122 valence electrons. The molecule has 0 spiro atoms. The molecule has 0 heterocycles. The molecule has 0 aliphatic rings. The zero-order chi connectivity index (χ0) is 17.5. The van der Waals surface area contributed by atoms with Crippen molar-refractivity contribution in [1.82, 2.24) is 0 Å². The number of hydrogen-bond acceptors (Lipinski definition) is 4. The minimum absolute atomic E-state index is 0.164. The first-order chi connectivity index (χ1) is 11.5. The van der Waals surface area contributed by atoms with Crippen LogP contribution in [0.4, 0.5) is 14.5 Å². The number of nitriles is 1. The fourth-order valence-corrected chi connectivity index (χ4v) is 1.85. The van der Waals surface area contributed by atoms with Crippen LogP contribution in [0.15, 0.2) is 47.6 Å². The van der Waals surface area contributed by atoms with Gasteiger partial charge in [0.2, 0.25) is 0 Å². The molecule has 24 heavy (non-hydrogen) atoms. The number of hydrogen-bond donors (Lipinski definition) is 1. The van der Waals surface area contributed by atoms with Crippen molar-refractivity contribution in [3.63, 3.8) is 0 Å². The van der Waals surface area contributed by atoms with E-state index in [2.05, 4.69) is 10.5 Å². The van der Waals surface area contributed by atoms with Crippen LogP contribution in [-0.4, -0.2) is 12.1 Å². The Balaban J connectivity index is 1.93. The lowest BCUT2D eigenvalue weighted by molar-refractivity contribution is -0.110. The molecule has 1 unspecified atom stereocenters. The maximum Gasteiger partial charge on any atom is 0.270 e. The van der Waals surface area contributed by atoms with Crippen molar-refractivity contribution in [1.29, 1.82) is 5.26 Å². The Labute approximate surface area is 137 Å². The SMILES string of the molecule is CC(O/N=C/C(=O)Nc1ccc(F)cc1F)c1cccc(C#N)c1. The van der Waals surface area contributed by atoms with E-state index in [9.17, 15) is 13.6 Å². The zero-order valence-corrected chi connectivity index (χ0v) is 12.7. The molecular formula is C17H13F2N3O2.